The monoisotopic (exact) mass is 326 g/mol. The van der Waals surface area contributed by atoms with Gasteiger partial charge in [0.2, 0.25) is 5.91 Å². The molecule has 4 heteroatoms. The van der Waals surface area contributed by atoms with E-state index in [0.717, 1.165) is 23.4 Å². The number of amides is 1. The Balaban J connectivity index is 1.77. The van der Waals surface area contributed by atoms with Crippen LogP contribution >= 0.6 is 0 Å². The molecule has 0 saturated carbocycles. The molecule has 0 unspecified atom stereocenters. The van der Waals surface area contributed by atoms with Gasteiger partial charge in [-0.25, -0.2) is 0 Å². The van der Waals surface area contributed by atoms with Gasteiger partial charge in [0.1, 0.15) is 5.75 Å². The summed E-state index contributed by atoms with van der Waals surface area (Å²) in [5.74, 6) is 0.865. The molecule has 0 saturated heterocycles. The number of nitrogens with one attached hydrogen (secondary N) is 2. The summed E-state index contributed by atoms with van der Waals surface area (Å²) in [6.45, 7) is 5.40. The van der Waals surface area contributed by atoms with Crippen molar-refractivity contribution in [3.63, 3.8) is 0 Å². The Morgan fingerprint density at radius 1 is 1.12 bits per heavy atom. The molecular weight excluding hydrogens is 300 g/mol. The van der Waals surface area contributed by atoms with E-state index in [0.29, 0.717) is 19.5 Å². The number of carbonyl (C=O) groups excluding carboxylic acids is 1. The van der Waals surface area contributed by atoms with Crippen molar-refractivity contribution in [1.82, 2.24) is 5.32 Å². The summed E-state index contributed by atoms with van der Waals surface area (Å²) >= 11 is 0. The number of hydrogen-bond donors (Lipinski definition) is 2. The minimum absolute atomic E-state index is 0.0463. The number of ether oxygens (including phenoxy) is 1. The molecule has 4 nitrogen and oxygen atoms in total. The van der Waals surface area contributed by atoms with Crippen molar-refractivity contribution in [3.05, 3.63) is 59.2 Å². The topological polar surface area (TPSA) is 50.4 Å². The standard InChI is InChI=1S/C20H26N2O2/c1-4-17-7-5-6-15(2)20(17)21-13-12-19(23)22-14-16-8-10-18(24-3)11-9-16/h5-11,21H,4,12-14H2,1-3H3,(H,22,23). The van der Waals surface area contributed by atoms with E-state index in [2.05, 4.69) is 42.7 Å². The smallest absolute Gasteiger partial charge is 0.222 e. The molecular formula is C20H26N2O2. The van der Waals surface area contributed by atoms with Gasteiger partial charge in [-0.05, 0) is 42.2 Å². The average Bonchev–Trinajstić information content (AvgIpc) is 2.61. The molecule has 0 fully saturated rings. The lowest BCUT2D eigenvalue weighted by molar-refractivity contribution is -0.121. The van der Waals surface area contributed by atoms with Crippen LogP contribution in [0.15, 0.2) is 42.5 Å². The lowest BCUT2D eigenvalue weighted by atomic mass is 10.1. The van der Waals surface area contributed by atoms with Crippen LogP contribution in [0.5, 0.6) is 5.75 Å². The van der Waals surface area contributed by atoms with Gasteiger partial charge in [-0.2, -0.15) is 0 Å². The van der Waals surface area contributed by atoms with Crippen LogP contribution in [0.3, 0.4) is 0 Å². The van der Waals surface area contributed by atoms with Gasteiger partial charge in [-0.3, -0.25) is 4.79 Å². The second-order valence-electron chi connectivity index (χ2n) is 5.76. The van der Waals surface area contributed by atoms with Crippen molar-refractivity contribution in [1.29, 1.82) is 0 Å². The zero-order chi connectivity index (χ0) is 17.4. The van der Waals surface area contributed by atoms with Crippen LogP contribution in [0.25, 0.3) is 0 Å². The van der Waals surface area contributed by atoms with E-state index in [9.17, 15) is 4.79 Å². The Bertz CT molecular complexity index is 666. The highest BCUT2D eigenvalue weighted by molar-refractivity contribution is 5.76. The van der Waals surface area contributed by atoms with E-state index in [-0.39, 0.29) is 5.91 Å². The highest BCUT2D eigenvalue weighted by Crippen LogP contribution is 2.20. The van der Waals surface area contributed by atoms with Crippen molar-refractivity contribution >= 4 is 11.6 Å². The highest BCUT2D eigenvalue weighted by atomic mass is 16.5. The van der Waals surface area contributed by atoms with E-state index in [1.807, 2.05) is 24.3 Å². The first-order valence-electron chi connectivity index (χ1n) is 8.36. The first-order valence-corrected chi connectivity index (χ1v) is 8.36. The zero-order valence-electron chi connectivity index (χ0n) is 14.7. The predicted molar refractivity (Wildman–Crippen MR) is 98.5 cm³/mol. The average molecular weight is 326 g/mol. The van der Waals surface area contributed by atoms with Gasteiger partial charge >= 0.3 is 0 Å². The summed E-state index contributed by atoms with van der Waals surface area (Å²) < 4.78 is 5.12. The third kappa shape index (κ3) is 5.01. The van der Waals surface area contributed by atoms with E-state index < -0.39 is 0 Å². The molecule has 0 bridgehead atoms. The second-order valence-corrected chi connectivity index (χ2v) is 5.76. The fourth-order valence-electron chi connectivity index (χ4n) is 2.61. The molecule has 2 aromatic rings. The molecule has 2 aromatic carbocycles. The normalized spacial score (nSPS) is 10.3. The van der Waals surface area contributed by atoms with Gasteiger partial charge in [0, 0.05) is 25.2 Å². The maximum Gasteiger partial charge on any atom is 0.222 e. The molecule has 24 heavy (non-hydrogen) atoms. The number of rotatable bonds is 8. The van der Waals surface area contributed by atoms with Gasteiger partial charge in [-0.1, -0.05) is 37.3 Å². The predicted octanol–water partition coefficient (Wildman–Crippen LogP) is 3.68. The molecule has 128 valence electrons. The van der Waals surface area contributed by atoms with Crippen molar-refractivity contribution in [2.24, 2.45) is 0 Å². The number of methoxy groups -OCH3 is 1. The van der Waals surface area contributed by atoms with Crippen LogP contribution in [0.2, 0.25) is 0 Å². The van der Waals surface area contributed by atoms with Gasteiger partial charge in [0.15, 0.2) is 0 Å². The van der Waals surface area contributed by atoms with Crippen LogP contribution < -0.4 is 15.4 Å². The first-order chi connectivity index (χ1) is 11.6. The van der Waals surface area contributed by atoms with Gasteiger partial charge < -0.3 is 15.4 Å². The summed E-state index contributed by atoms with van der Waals surface area (Å²) in [7, 11) is 1.64. The second kappa shape index (κ2) is 8.96. The van der Waals surface area contributed by atoms with Crippen LogP contribution in [-0.4, -0.2) is 19.6 Å². The molecule has 2 rings (SSSR count). The Labute approximate surface area is 144 Å². The number of benzene rings is 2. The van der Waals surface area contributed by atoms with Crippen LogP contribution in [-0.2, 0) is 17.8 Å². The largest absolute Gasteiger partial charge is 0.497 e. The minimum Gasteiger partial charge on any atom is -0.497 e. The molecule has 0 aromatic heterocycles. The Morgan fingerprint density at radius 2 is 1.88 bits per heavy atom. The molecule has 0 atom stereocenters. The molecule has 2 N–H and O–H groups in total. The quantitative estimate of drug-likeness (QED) is 0.778. The van der Waals surface area contributed by atoms with Gasteiger partial charge in [0.05, 0.1) is 7.11 Å². The van der Waals surface area contributed by atoms with Crippen LogP contribution in [0.4, 0.5) is 5.69 Å². The number of hydrogen-bond acceptors (Lipinski definition) is 3. The first kappa shape index (κ1) is 17.9. The summed E-state index contributed by atoms with van der Waals surface area (Å²) in [5.41, 5.74) is 4.72. The summed E-state index contributed by atoms with van der Waals surface area (Å²) in [6.07, 6.45) is 1.43. The zero-order valence-corrected chi connectivity index (χ0v) is 14.7. The third-order valence-corrected chi connectivity index (χ3v) is 4.04. The van der Waals surface area contributed by atoms with E-state index in [1.165, 1.54) is 11.1 Å². The fourth-order valence-corrected chi connectivity index (χ4v) is 2.61. The maximum absolute atomic E-state index is 12.0. The lowest BCUT2D eigenvalue weighted by Crippen LogP contribution is -2.25. The molecule has 0 aliphatic heterocycles. The third-order valence-electron chi connectivity index (χ3n) is 4.04. The van der Waals surface area contributed by atoms with E-state index in [1.54, 1.807) is 7.11 Å². The van der Waals surface area contributed by atoms with Gasteiger partial charge in [-0.15, -0.1) is 0 Å². The minimum atomic E-state index is 0.0463. The fraction of sp³-hybridized carbons (Fsp3) is 0.350. The Kier molecular flexibility index (Phi) is 6.67. The molecule has 0 spiro atoms. The summed E-state index contributed by atoms with van der Waals surface area (Å²) in [4.78, 5) is 12.0. The maximum atomic E-state index is 12.0. The molecule has 0 aliphatic carbocycles. The molecule has 0 heterocycles. The summed E-state index contributed by atoms with van der Waals surface area (Å²) in [5, 5.41) is 6.35. The van der Waals surface area contributed by atoms with Crippen molar-refractivity contribution in [3.8, 4) is 5.75 Å². The number of carbonyl (C=O) groups is 1. The van der Waals surface area contributed by atoms with Gasteiger partial charge in [0.25, 0.3) is 0 Å². The Hall–Kier alpha value is -2.49. The molecule has 0 radical (unpaired) electrons. The Morgan fingerprint density at radius 3 is 2.54 bits per heavy atom. The van der Waals surface area contributed by atoms with Crippen molar-refractivity contribution in [2.75, 3.05) is 19.0 Å². The number of para-hydroxylation sites is 1. The molecule has 0 aliphatic rings. The van der Waals surface area contributed by atoms with Crippen molar-refractivity contribution < 1.29 is 9.53 Å². The van der Waals surface area contributed by atoms with E-state index >= 15 is 0 Å². The van der Waals surface area contributed by atoms with Crippen LogP contribution in [0, 0.1) is 6.92 Å². The van der Waals surface area contributed by atoms with E-state index in [4.69, 9.17) is 4.74 Å². The number of anilines is 1. The SMILES string of the molecule is CCc1cccc(C)c1NCCC(=O)NCc1ccc(OC)cc1. The highest BCUT2D eigenvalue weighted by Gasteiger charge is 2.05. The lowest BCUT2D eigenvalue weighted by Gasteiger charge is -2.14. The molecule has 1 amide bonds. The number of aryl methyl sites for hydroxylation is 2. The van der Waals surface area contributed by atoms with Crippen LogP contribution in [0.1, 0.15) is 30.0 Å². The van der Waals surface area contributed by atoms with Crippen molar-refractivity contribution in [2.45, 2.75) is 33.2 Å². The summed E-state index contributed by atoms with van der Waals surface area (Å²) in [6, 6.07) is 14.0.